The van der Waals surface area contributed by atoms with Gasteiger partial charge in [-0.3, -0.25) is 4.79 Å². The van der Waals surface area contributed by atoms with Gasteiger partial charge in [0, 0.05) is 18.4 Å². The zero-order valence-corrected chi connectivity index (χ0v) is 19.2. The lowest BCUT2D eigenvalue weighted by molar-refractivity contribution is -0.114. The number of pyridine rings is 1. The highest BCUT2D eigenvalue weighted by Crippen LogP contribution is 2.42. The van der Waals surface area contributed by atoms with Crippen LogP contribution in [0.25, 0.3) is 10.9 Å². The first-order valence-corrected chi connectivity index (χ1v) is 10.8. The number of hydrogen-bond donors (Lipinski definition) is 1. The van der Waals surface area contributed by atoms with Gasteiger partial charge in [-0.05, 0) is 32.8 Å². The van der Waals surface area contributed by atoms with Crippen molar-refractivity contribution in [2.24, 2.45) is 0 Å². The standard InChI is InChI=1S/C23H30N2O7/c1-6-10-31-22(27)15-12-17(23(28)32-11-7-2)25-20-19(15)16(24-14(5)26)13-18(29-8-3)21(20)30-9-4/h12-13H,6-11H2,1-5H3,(H,24,26). The fourth-order valence-electron chi connectivity index (χ4n) is 3.01. The maximum atomic E-state index is 12.9. The number of esters is 2. The Morgan fingerprint density at radius 2 is 1.53 bits per heavy atom. The van der Waals surface area contributed by atoms with Crippen molar-refractivity contribution in [1.29, 1.82) is 0 Å². The van der Waals surface area contributed by atoms with Crippen molar-refractivity contribution >= 4 is 34.4 Å². The molecule has 9 heteroatoms. The number of amides is 1. The van der Waals surface area contributed by atoms with Crippen LogP contribution in [0.3, 0.4) is 0 Å². The lowest BCUT2D eigenvalue weighted by Crippen LogP contribution is -2.15. The Balaban J connectivity index is 2.90. The summed E-state index contributed by atoms with van der Waals surface area (Å²) in [5, 5.41) is 3.00. The van der Waals surface area contributed by atoms with Gasteiger partial charge in [0.15, 0.2) is 11.5 Å². The monoisotopic (exact) mass is 446 g/mol. The van der Waals surface area contributed by atoms with Crippen LogP contribution in [0, 0.1) is 0 Å². The van der Waals surface area contributed by atoms with Crippen molar-refractivity contribution in [1.82, 2.24) is 4.98 Å². The molecule has 174 valence electrons. The molecular weight excluding hydrogens is 416 g/mol. The van der Waals surface area contributed by atoms with Crippen LogP contribution in [0.4, 0.5) is 5.69 Å². The van der Waals surface area contributed by atoms with Gasteiger partial charge in [0.2, 0.25) is 5.91 Å². The Morgan fingerprint density at radius 3 is 2.09 bits per heavy atom. The number of fused-ring (bicyclic) bond motifs is 1. The van der Waals surface area contributed by atoms with Crippen molar-refractivity contribution in [3.05, 3.63) is 23.4 Å². The summed E-state index contributed by atoms with van der Waals surface area (Å²) in [5.41, 5.74) is 0.484. The number of carbonyl (C=O) groups excluding carboxylic acids is 3. The van der Waals surface area contributed by atoms with E-state index in [1.807, 2.05) is 13.8 Å². The van der Waals surface area contributed by atoms with Gasteiger partial charge in [0.25, 0.3) is 0 Å². The van der Waals surface area contributed by atoms with E-state index in [0.717, 1.165) is 0 Å². The van der Waals surface area contributed by atoms with Crippen LogP contribution in [0.5, 0.6) is 11.5 Å². The molecule has 0 unspecified atom stereocenters. The van der Waals surface area contributed by atoms with E-state index in [4.69, 9.17) is 18.9 Å². The molecule has 0 spiro atoms. The topological polar surface area (TPSA) is 113 Å². The summed E-state index contributed by atoms with van der Waals surface area (Å²) in [7, 11) is 0. The Hall–Kier alpha value is -3.36. The quantitative estimate of drug-likeness (QED) is 0.513. The van der Waals surface area contributed by atoms with E-state index < -0.39 is 11.9 Å². The van der Waals surface area contributed by atoms with Crippen LogP contribution in [-0.4, -0.2) is 49.3 Å². The van der Waals surface area contributed by atoms with Crippen LogP contribution < -0.4 is 14.8 Å². The highest BCUT2D eigenvalue weighted by molar-refractivity contribution is 6.14. The number of benzene rings is 1. The first kappa shape index (κ1) is 24.9. The summed E-state index contributed by atoms with van der Waals surface area (Å²) in [6.45, 7) is 9.71. The Morgan fingerprint density at radius 1 is 0.906 bits per heavy atom. The maximum absolute atomic E-state index is 12.9. The van der Waals surface area contributed by atoms with Gasteiger partial charge in [0.1, 0.15) is 11.2 Å². The molecule has 0 saturated carbocycles. The molecular formula is C23H30N2O7. The molecule has 0 bridgehead atoms. The lowest BCUT2D eigenvalue weighted by atomic mass is 10.0. The van der Waals surface area contributed by atoms with Crippen molar-refractivity contribution in [3.63, 3.8) is 0 Å². The molecule has 9 nitrogen and oxygen atoms in total. The number of nitrogens with zero attached hydrogens (tertiary/aromatic N) is 1. The largest absolute Gasteiger partial charge is 0.490 e. The van der Waals surface area contributed by atoms with Gasteiger partial charge in [-0.15, -0.1) is 0 Å². The van der Waals surface area contributed by atoms with E-state index in [1.165, 1.54) is 13.0 Å². The molecule has 2 aromatic rings. The Kier molecular flexibility index (Phi) is 9.24. The van der Waals surface area contributed by atoms with E-state index in [1.54, 1.807) is 19.9 Å². The molecule has 0 atom stereocenters. The highest BCUT2D eigenvalue weighted by Gasteiger charge is 2.26. The van der Waals surface area contributed by atoms with Crippen molar-refractivity contribution in [2.45, 2.75) is 47.5 Å². The number of nitrogens with one attached hydrogen (secondary N) is 1. The summed E-state index contributed by atoms with van der Waals surface area (Å²) in [4.78, 5) is 41.9. The summed E-state index contributed by atoms with van der Waals surface area (Å²) in [6.07, 6.45) is 1.26. The lowest BCUT2D eigenvalue weighted by Gasteiger charge is -2.19. The van der Waals surface area contributed by atoms with E-state index in [2.05, 4.69) is 10.3 Å². The molecule has 0 aliphatic rings. The second-order valence-corrected chi connectivity index (χ2v) is 6.85. The number of rotatable bonds is 11. The number of anilines is 1. The zero-order valence-electron chi connectivity index (χ0n) is 19.2. The number of aromatic nitrogens is 1. The van der Waals surface area contributed by atoms with Gasteiger partial charge in [-0.2, -0.15) is 0 Å². The first-order valence-electron chi connectivity index (χ1n) is 10.8. The van der Waals surface area contributed by atoms with Crippen molar-refractivity contribution < 1.29 is 33.3 Å². The smallest absolute Gasteiger partial charge is 0.356 e. The average molecular weight is 447 g/mol. The summed E-state index contributed by atoms with van der Waals surface area (Å²) in [6, 6.07) is 2.89. The molecule has 0 fully saturated rings. The number of carbonyl (C=O) groups is 3. The molecule has 2 rings (SSSR count). The van der Waals surface area contributed by atoms with E-state index in [0.29, 0.717) is 36.3 Å². The fraction of sp³-hybridized carbons (Fsp3) is 0.478. The van der Waals surface area contributed by atoms with Gasteiger partial charge in [-0.1, -0.05) is 13.8 Å². The molecule has 32 heavy (non-hydrogen) atoms. The molecule has 0 aliphatic carbocycles. The molecule has 1 heterocycles. The predicted octanol–water partition coefficient (Wildman–Crippen LogP) is 4.12. The normalized spacial score (nSPS) is 10.5. The SMILES string of the molecule is CCCOC(=O)c1cc(C(=O)OCCC)c2c(NC(C)=O)cc(OCC)c(OCC)c2n1. The molecule has 0 radical (unpaired) electrons. The Bertz CT molecular complexity index is 988. The van der Waals surface area contributed by atoms with Crippen LogP contribution >= 0.6 is 0 Å². The van der Waals surface area contributed by atoms with Crippen LogP contribution in [0.2, 0.25) is 0 Å². The van der Waals surface area contributed by atoms with Crippen molar-refractivity contribution in [3.8, 4) is 11.5 Å². The maximum Gasteiger partial charge on any atom is 0.356 e. The number of hydrogen-bond acceptors (Lipinski definition) is 8. The molecule has 1 aromatic heterocycles. The van der Waals surface area contributed by atoms with Gasteiger partial charge >= 0.3 is 11.9 Å². The van der Waals surface area contributed by atoms with Crippen LogP contribution in [0.1, 0.15) is 68.3 Å². The number of ether oxygens (including phenoxy) is 4. The minimum atomic E-state index is -0.677. The first-order chi connectivity index (χ1) is 15.4. The summed E-state index contributed by atoms with van der Waals surface area (Å²) in [5.74, 6) is -1.10. The molecule has 0 aliphatic heterocycles. The zero-order chi connectivity index (χ0) is 23.7. The van der Waals surface area contributed by atoms with Crippen LogP contribution in [-0.2, 0) is 14.3 Å². The molecule has 1 N–H and O–H groups in total. The van der Waals surface area contributed by atoms with E-state index >= 15 is 0 Å². The molecule has 0 saturated heterocycles. The predicted molar refractivity (Wildman–Crippen MR) is 120 cm³/mol. The van der Waals surface area contributed by atoms with Gasteiger partial charge in [-0.25, -0.2) is 14.6 Å². The minimum absolute atomic E-state index is 0.0691. The second kappa shape index (κ2) is 11.9. The average Bonchev–Trinajstić information content (AvgIpc) is 2.77. The van der Waals surface area contributed by atoms with E-state index in [-0.39, 0.29) is 48.3 Å². The third kappa shape index (κ3) is 5.87. The molecule has 1 aromatic carbocycles. The second-order valence-electron chi connectivity index (χ2n) is 6.85. The summed E-state index contributed by atoms with van der Waals surface area (Å²) >= 11 is 0. The highest BCUT2D eigenvalue weighted by atomic mass is 16.5. The van der Waals surface area contributed by atoms with Gasteiger partial charge < -0.3 is 24.3 Å². The third-order valence-electron chi connectivity index (χ3n) is 4.21. The van der Waals surface area contributed by atoms with Crippen LogP contribution in [0.15, 0.2) is 12.1 Å². The van der Waals surface area contributed by atoms with Crippen molar-refractivity contribution in [2.75, 3.05) is 31.7 Å². The summed E-state index contributed by atoms with van der Waals surface area (Å²) < 4.78 is 22.0. The Labute approximate surface area is 187 Å². The fourth-order valence-corrected chi connectivity index (χ4v) is 3.01. The third-order valence-corrected chi connectivity index (χ3v) is 4.21. The molecule has 1 amide bonds. The van der Waals surface area contributed by atoms with E-state index in [9.17, 15) is 14.4 Å². The van der Waals surface area contributed by atoms with Gasteiger partial charge in [0.05, 0.1) is 37.7 Å². The minimum Gasteiger partial charge on any atom is -0.490 e.